The molecule has 0 N–H and O–H groups in total. The van der Waals surface area contributed by atoms with E-state index >= 15 is 0 Å². The van der Waals surface area contributed by atoms with Crippen LogP contribution in [0.15, 0.2) is 60.7 Å². The van der Waals surface area contributed by atoms with Crippen LogP contribution < -0.4 is 77.9 Å². The van der Waals surface area contributed by atoms with Crippen LogP contribution in [-0.4, -0.2) is 10.2 Å². The van der Waals surface area contributed by atoms with Gasteiger partial charge >= 0.3 is 84.9 Å². The predicted molar refractivity (Wildman–Crippen MR) is 85.5 cm³/mol. The SMILES string of the molecule is O=[N+]([O-])OP(=O)([O-])Oc1ccccc1.O=[N+]([O-])OP(=O)([O-])Oc1ccccc1.[Na+].[Na+]. The molecule has 0 aliphatic rings. The van der Waals surface area contributed by atoms with Crippen LogP contribution in [0, 0.1) is 20.2 Å². The van der Waals surface area contributed by atoms with Crippen LogP contribution in [0.1, 0.15) is 0 Å². The zero-order valence-electron chi connectivity index (χ0n) is 15.5. The number of benzene rings is 2. The van der Waals surface area contributed by atoms with Crippen molar-refractivity contribution < 1.29 is 107 Å². The fourth-order valence-electron chi connectivity index (χ4n) is 1.42. The molecule has 0 spiro atoms. The summed E-state index contributed by atoms with van der Waals surface area (Å²) in [7, 11) is -9.84. The molecule has 0 heterocycles. The van der Waals surface area contributed by atoms with Gasteiger partial charge in [-0.1, -0.05) is 36.4 Å². The van der Waals surface area contributed by atoms with E-state index in [1.54, 1.807) is 12.1 Å². The van der Waals surface area contributed by atoms with Gasteiger partial charge in [-0.05, 0) is 24.3 Å². The molecule has 2 rings (SSSR count). The molecule has 0 fully saturated rings. The first kappa shape index (κ1) is 31.0. The minimum atomic E-state index is -4.92. The van der Waals surface area contributed by atoms with Gasteiger partial charge in [0.15, 0.2) is 0 Å². The topological polar surface area (TPSA) is 203 Å². The van der Waals surface area contributed by atoms with Crippen molar-refractivity contribution in [1.82, 2.24) is 0 Å². The Bertz CT molecular complexity index is 816. The molecule has 0 saturated carbocycles. The molecule has 0 amide bonds. The van der Waals surface area contributed by atoms with Gasteiger partial charge in [-0.2, -0.15) is 0 Å². The van der Waals surface area contributed by atoms with Crippen LogP contribution in [0.25, 0.3) is 0 Å². The van der Waals surface area contributed by atoms with Gasteiger partial charge in [0.25, 0.3) is 0 Å². The maximum absolute atomic E-state index is 10.8. The van der Waals surface area contributed by atoms with Crippen LogP contribution in [0.4, 0.5) is 0 Å². The summed E-state index contributed by atoms with van der Waals surface area (Å²) < 4.78 is 36.7. The van der Waals surface area contributed by atoms with Gasteiger partial charge in [0, 0.05) is 0 Å². The van der Waals surface area contributed by atoms with Gasteiger partial charge in [0.2, 0.25) is 0 Å². The van der Waals surface area contributed by atoms with Crippen molar-refractivity contribution in [2.45, 2.75) is 0 Å². The molecule has 2 aromatic rings. The van der Waals surface area contributed by atoms with E-state index in [-0.39, 0.29) is 70.6 Å². The Balaban J connectivity index is 0. The van der Waals surface area contributed by atoms with Gasteiger partial charge in [0.05, 0.1) is 0 Å². The number of phosphoric ester groups is 2. The Kier molecular flexibility index (Phi) is 15.3. The third kappa shape index (κ3) is 14.7. The number of hydrogen-bond donors (Lipinski definition) is 0. The second kappa shape index (κ2) is 14.8. The Morgan fingerprint density at radius 3 is 1.13 bits per heavy atom. The molecular weight excluding hydrogens is 472 g/mol. The summed E-state index contributed by atoms with van der Waals surface area (Å²) in [5.41, 5.74) is 0. The van der Waals surface area contributed by atoms with Crippen molar-refractivity contribution in [2.24, 2.45) is 0 Å². The van der Waals surface area contributed by atoms with Crippen LogP contribution >= 0.6 is 15.6 Å². The smallest absolute Gasteiger partial charge is 0.748 e. The van der Waals surface area contributed by atoms with Crippen molar-refractivity contribution in [3.05, 3.63) is 80.9 Å². The second-order valence-corrected chi connectivity index (χ2v) is 6.79. The molecule has 0 radical (unpaired) electrons. The molecule has 30 heavy (non-hydrogen) atoms. The summed E-state index contributed by atoms with van der Waals surface area (Å²) in [4.78, 5) is 41.0. The van der Waals surface area contributed by atoms with Crippen molar-refractivity contribution in [1.29, 1.82) is 0 Å². The summed E-state index contributed by atoms with van der Waals surface area (Å²) in [6, 6.07) is 14.6. The molecule has 2 aromatic carbocycles. The fourth-order valence-corrected chi connectivity index (χ4v) is 2.57. The zero-order chi connectivity index (χ0) is 21.2. The summed E-state index contributed by atoms with van der Waals surface area (Å²) in [6.45, 7) is 0. The van der Waals surface area contributed by atoms with Crippen molar-refractivity contribution in [3.8, 4) is 11.5 Å². The molecule has 0 bridgehead atoms. The van der Waals surface area contributed by atoms with E-state index in [2.05, 4.69) is 18.3 Å². The first-order valence-corrected chi connectivity index (χ1v) is 9.71. The summed E-state index contributed by atoms with van der Waals surface area (Å²) >= 11 is 0. The number of hydrogen-bond acceptors (Lipinski definition) is 12. The summed E-state index contributed by atoms with van der Waals surface area (Å²) in [5.74, 6) is -0.0969. The standard InChI is InChI=1S/2C6H6NO6P.2Na/c2*8-7(9)13-14(10,11)12-6-4-2-1-3-5-6;;/h2*1-5H,(H,10,11);;/q;;2*+1/p-2. The van der Waals surface area contributed by atoms with E-state index in [0.717, 1.165) is 0 Å². The van der Waals surface area contributed by atoms with Gasteiger partial charge in [-0.3, -0.25) is 9.13 Å². The third-order valence-electron chi connectivity index (χ3n) is 2.25. The Morgan fingerprint density at radius 1 is 0.633 bits per heavy atom. The number of phosphoric acid groups is 2. The largest absolute Gasteiger partial charge is 1.00 e. The third-order valence-corrected chi connectivity index (χ3v) is 3.79. The molecular formula is C12H10N2Na2O12P2. The molecule has 0 saturated heterocycles. The van der Waals surface area contributed by atoms with Crippen LogP contribution in [0.2, 0.25) is 0 Å². The van der Waals surface area contributed by atoms with E-state index in [9.17, 15) is 39.1 Å². The first-order chi connectivity index (χ1) is 13.0. The molecule has 2 unspecified atom stereocenters. The summed E-state index contributed by atoms with van der Waals surface area (Å²) in [6.07, 6.45) is 0. The molecule has 2 atom stereocenters. The number of rotatable bonds is 8. The molecule has 18 heteroatoms. The molecule has 0 aliphatic carbocycles. The Hall–Kier alpha value is -1.18. The van der Waals surface area contributed by atoms with E-state index in [4.69, 9.17) is 0 Å². The zero-order valence-corrected chi connectivity index (χ0v) is 21.3. The molecule has 14 nitrogen and oxygen atoms in total. The van der Waals surface area contributed by atoms with Gasteiger partial charge in [-0.25, -0.2) is 9.25 Å². The predicted octanol–water partition coefficient (Wildman–Crippen LogP) is -4.51. The average Bonchev–Trinajstić information content (AvgIpc) is 2.53. The normalized spacial score (nSPS) is 13.1. The van der Waals surface area contributed by atoms with E-state index in [1.807, 2.05) is 0 Å². The Morgan fingerprint density at radius 2 is 0.900 bits per heavy atom. The fraction of sp³-hybridized carbons (Fsp3) is 0. The van der Waals surface area contributed by atoms with Crippen LogP contribution in [-0.2, 0) is 18.4 Å². The first-order valence-electron chi connectivity index (χ1n) is 6.79. The number of para-hydroxylation sites is 2. The van der Waals surface area contributed by atoms with E-state index in [1.165, 1.54) is 48.5 Å². The van der Waals surface area contributed by atoms with Crippen LogP contribution in [0.3, 0.4) is 0 Å². The van der Waals surface area contributed by atoms with Gasteiger partial charge in [-0.15, -0.1) is 20.2 Å². The monoisotopic (exact) mass is 482 g/mol. The van der Waals surface area contributed by atoms with Crippen molar-refractivity contribution >= 4 is 15.6 Å². The summed E-state index contributed by atoms with van der Waals surface area (Å²) in [5, 5.41) is 16.6. The molecule has 0 aromatic heterocycles. The van der Waals surface area contributed by atoms with Crippen molar-refractivity contribution in [3.63, 3.8) is 0 Å². The second-order valence-electron chi connectivity index (χ2n) is 4.31. The maximum atomic E-state index is 10.8. The Labute approximate surface area is 213 Å². The van der Waals surface area contributed by atoms with Crippen molar-refractivity contribution in [2.75, 3.05) is 0 Å². The average molecular weight is 482 g/mol. The minimum absolute atomic E-state index is 0. The minimum Gasteiger partial charge on any atom is -0.748 e. The van der Waals surface area contributed by atoms with E-state index < -0.39 is 25.8 Å². The maximum Gasteiger partial charge on any atom is 1.00 e. The van der Waals surface area contributed by atoms with Gasteiger partial charge < -0.3 is 18.8 Å². The number of nitrogens with zero attached hydrogens (tertiary/aromatic N) is 2. The van der Waals surface area contributed by atoms with E-state index in [0.29, 0.717) is 0 Å². The van der Waals surface area contributed by atoms with Gasteiger partial charge in [0.1, 0.15) is 11.5 Å². The molecule has 152 valence electrons. The quantitative estimate of drug-likeness (QED) is 0.151. The van der Waals surface area contributed by atoms with Crippen LogP contribution in [0.5, 0.6) is 11.5 Å². The molecule has 0 aliphatic heterocycles.